The van der Waals surface area contributed by atoms with Gasteiger partial charge in [0.1, 0.15) is 0 Å². The van der Waals surface area contributed by atoms with Crippen LogP contribution in [0.25, 0.3) is 10.9 Å². The Hall–Kier alpha value is -2.62. The van der Waals surface area contributed by atoms with Crippen LogP contribution in [0.1, 0.15) is 29.8 Å². The minimum Gasteiger partial charge on any atom is -0.383 e. The molecule has 3 aromatic rings. The van der Waals surface area contributed by atoms with Crippen LogP contribution in [0, 0.1) is 6.92 Å². The van der Waals surface area contributed by atoms with Crippen molar-refractivity contribution in [2.45, 2.75) is 45.5 Å². The van der Waals surface area contributed by atoms with E-state index in [0.29, 0.717) is 26.2 Å². The van der Waals surface area contributed by atoms with Crippen molar-refractivity contribution in [3.63, 3.8) is 0 Å². The molecule has 30 heavy (non-hydrogen) atoms. The molecule has 160 valence electrons. The molecule has 0 bridgehead atoms. The van der Waals surface area contributed by atoms with Crippen molar-refractivity contribution in [2.24, 2.45) is 0 Å². The number of aromatic nitrogens is 5. The van der Waals surface area contributed by atoms with Crippen molar-refractivity contribution in [2.75, 3.05) is 26.9 Å². The van der Waals surface area contributed by atoms with Gasteiger partial charge in [-0.25, -0.2) is 4.68 Å². The van der Waals surface area contributed by atoms with Gasteiger partial charge in [-0.1, -0.05) is 12.1 Å². The molecule has 1 fully saturated rings. The van der Waals surface area contributed by atoms with Crippen LogP contribution in [0.5, 0.6) is 0 Å². The number of benzene rings is 1. The lowest BCUT2D eigenvalue weighted by Crippen LogP contribution is -2.34. The molecule has 0 radical (unpaired) electrons. The lowest BCUT2D eigenvalue weighted by molar-refractivity contribution is 0.0660. The molecular formula is C21H28N6O3. The van der Waals surface area contributed by atoms with E-state index in [9.17, 15) is 4.79 Å². The molecule has 3 heterocycles. The third-order valence-electron chi connectivity index (χ3n) is 5.44. The van der Waals surface area contributed by atoms with Crippen molar-refractivity contribution < 1.29 is 9.47 Å². The number of hydrogen-bond acceptors (Lipinski definition) is 7. The predicted molar refractivity (Wildman–Crippen MR) is 112 cm³/mol. The summed E-state index contributed by atoms with van der Waals surface area (Å²) in [6.07, 6.45) is 2.26. The third-order valence-corrected chi connectivity index (χ3v) is 5.44. The zero-order chi connectivity index (χ0) is 20.9. The highest BCUT2D eigenvalue weighted by molar-refractivity contribution is 5.79. The number of tetrazole rings is 1. The Morgan fingerprint density at radius 3 is 3.03 bits per heavy atom. The van der Waals surface area contributed by atoms with Crippen LogP contribution < -0.4 is 5.56 Å². The lowest BCUT2D eigenvalue weighted by atomic mass is 10.1. The van der Waals surface area contributed by atoms with Crippen LogP contribution in [-0.4, -0.2) is 63.1 Å². The molecule has 0 aliphatic carbocycles. The zero-order valence-corrected chi connectivity index (χ0v) is 17.5. The molecule has 2 aromatic heterocycles. The van der Waals surface area contributed by atoms with Crippen LogP contribution in [-0.2, 0) is 29.1 Å². The maximum absolute atomic E-state index is 12.8. The summed E-state index contributed by atoms with van der Waals surface area (Å²) in [5.41, 5.74) is 2.64. The molecule has 1 saturated heterocycles. The van der Waals surface area contributed by atoms with Gasteiger partial charge in [-0.05, 0) is 53.3 Å². The van der Waals surface area contributed by atoms with Gasteiger partial charge in [0.15, 0.2) is 5.82 Å². The molecule has 0 amide bonds. The first-order chi connectivity index (χ1) is 14.6. The third kappa shape index (κ3) is 4.92. The summed E-state index contributed by atoms with van der Waals surface area (Å²) in [4.78, 5) is 18.0. The maximum atomic E-state index is 12.8. The SMILES string of the molecule is COCCn1nnnc1CN(Cc1cc2ccc(C)cc2[nH]c1=O)C[C@@H]1CCCO1. The smallest absolute Gasteiger partial charge is 0.252 e. The average molecular weight is 412 g/mol. The van der Waals surface area contributed by atoms with Crippen LogP contribution in [0.15, 0.2) is 29.1 Å². The Balaban J connectivity index is 1.57. The van der Waals surface area contributed by atoms with Gasteiger partial charge in [-0.15, -0.1) is 5.10 Å². The number of aryl methyl sites for hydroxylation is 1. The van der Waals surface area contributed by atoms with Gasteiger partial charge in [-0.2, -0.15) is 0 Å². The van der Waals surface area contributed by atoms with E-state index in [1.807, 2.05) is 25.1 Å². The van der Waals surface area contributed by atoms with Crippen LogP contribution in [0.4, 0.5) is 0 Å². The number of aromatic amines is 1. The van der Waals surface area contributed by atoms with Gasteiger partial charge in [0.25, 0.3) is 5.56 Å². The predicted octanol–water partition coefficient (Wildman–Crippen LogP) is 1.65. The van der Waals surface area contributed by atoms with Crippen molar-refractivity contribution in [3.8, 4) is 0 Å². The maximum Gasteiger partial charge on any atom is 0.252 e. The van der Waals surface area contributed by atoms with Gasteiger partial charge in [0.2, 0.25) is 0 Å². The first-order valence-electron chi connectivity index (χ1n) is 10.3. The van der Waals surface area contributed by atoms with Crippen molar-refractivity contribution in [1.82, 2.24) is 30.1 Å². The summed E-state index contributed by atoms with van der Waals surface area (Å²) in [6.45, 7) is 5.68. The fourth-order valence-electron chi connectivity index (χ4n) is 3.87. The van der Waals surface area contributed by atoms with E-state index in [1.165, 1.54) is 0 Å². The number of fused-ring (bicyclic) bond motifs is 1. The zero-order valence-electron chi connectivity index (χ0n) is 17.5. The number of nitrogens with one attached hydrogen (secondary N) is 1. The Bertz CT molecular complexity index is 1040. The Kier molecular flexibility index (Phi) is 6.51. The quantitative estimate of drug-likeness (QED) is 0.571. The molecule has 9 heteroatoms. The van der Waals surface area contributed by atoms with E-state index in [4.69, 9.17) is 9.47 Å². The van der Waals surface area contributed by atoms with Crippen LogP contribution in [0.3, 0.4) is 0 Å². The molecule has 4 rings (SSSR count). The molecule has 1 aromatic carbocycles. The number of H-pyrrole nitrogens is 1. The summed E-state index contributed by atoms with van der Waals surface area (Å²) in [5.74, 6) is 0.748. The monoisotopic (exact) mass is 412 g/mol. The number of methoxy groups -OCH3 is 1. The van der Waals surface area contributed by atoms with Gasteiger partial charge in [0, 0.05) is 37.9 Å². The number of hydrogen-bond donors (Lipinski definition) is 1. The number of pyridine rings is 1. The second-order valence-electron chi connectivity index (χ2n) is 7.83. The van der Waals surface area contributed by atoms with Crippen molar-refractivity contribution >= 4 is 10.9 Å². The van der Waals surface area contributed by atoms with Crippen LogP contribution >= 0.6 is 0 Å². The standard InChI is InChI=1S/C21H28N6O3/c1-15-5-6-16-11-17(21(28)22-19(16)10-15)12-26(13-18-4-3-8-30-18)14-20-23-24-25-27(20)7-9-29-2/h5-6,10-11,18H,3-4,7-9,12-14H2,1-2H3,(H,22,28)/t18-/m0/s1. The van der Waals surface area contributed by atoms with E-state index in [-0.39, 0.29) is 11.7 Å². The molecule has 0 unspecified atom stereocenters. The van der Waals surface area contributed by atoms with Gasteiger partial charge < -0.3 is 14.5 Å². The summed E-state index contributed by atoms with van der Waals surface area (Å²) >= 11 is 0. The summed E-state index contributed by atoms with van der Waals surface area (Å²) < 4.78 is 12.7. The highest BCUT2D eigenvalue weighted by atomic mass is 16.5. The first kappa shape index (κ1) is 20.6. The highest BCUT2D eigenvalue weighted by Crippen LogP contribution is 2.18. The van der Waals surface area contributed by atoms with E-state index < -0.39 is 0 Å². The van der Waals surface area contributed by atoms with E-state index >= 15 is 0 Å². The van der Waals surface area contributed by atoms with Crippen molar-refractivity contribution in [1.29, 1.82) is 0 Å². The normalized spacial score (nSPS) is 16.7. The van der Waals surface area contributed by atoms with Gasteiger partial charge >= 0.3 is 0 Å². The molecule has 1 atom stereocenters. The van der Waals surface area contributed by atoms with E-state index in [2.05, 4.69) is 31.5 Å². The molecule has 9 nitrogen and oxygen atoms in total. The largest absolute Gasteiger partial charge is 0.383 e. The number of rotatable bonds is 9. The minimum absolute atomic E-state index is 0.0654. The lowest BCUT2D eigenvalue weighted by Gasteiger charge is -2.24. The Labute approximate surface area is 175 Å². The average Bonchev–Trinajstić information content (AvgIpc) is 3.39. The highest BCUT2D eigenvalue weighted by Gasteiger charge is 2.22. The minimum atomic E-state index is -0.0654. The molecular weight excluding hydrogens is 384 g/mol. The molecule has 1 N–H and O–H groups in total. The van der Waals surface area contributed by atoms with E-state index in [1.54, 1.807) is 11.8 Å². The van der Waals surface area contributed by atoms with Crippen LogP contribution in [0.2, 0.25) is 0 Å². The first-order valence-corrected chi connectivity index (χ1v) is 10.3. The summed E-state index contributed by atoms with van der Waals surface area (Å²) in [5, 5.41) is 13.1. The summed E-state index contributed by atoms with van der Waals surface area (Å²) in [6, 6.07) is 8.07. The fraction of sp³-hybridized carbons (Fsp3) is 0.524. The Morgan fingerprint density at radius 2 is 2.23 bits per heavy atom. The van der Waals surface area contributed by atoms with E-state index in [0.717, 1.165) is 53.8 Å². The summed E-state index contributed by atoms with van der Waals surface area (Å²) in [7, 11) is 1.65. The molecule has 1 aliphatic heterocycles. The molecule has 0 saturated carbocycles. The molecule has 0 spiro atoms. The Morgan fingerprint density at radius 1 is 1.33 bits per heavy atom. The van der Waals surface area contributed by atoms with Crippen molar-refractivity contribution in [3.05, 3.63) is 51.6 Å². The molecule has 1 aliphatic rings. The topological polar surface area (TPSA) is 98.2 Å². The second-order valence-corrected chi connectivity index (χ2v) is 7.83. The van der Waals surface area contributed by atoms with Gasteiger partial charge in [0.05, 0.1) is 25.8 Å². The number of ether oxygens (including phenoxy) is 2. The second kappa shape index (κ2) is 9.46. The van der Waals surface area contributed by atoms with Gasteiger partial charge in [-0.3, -0.25) is 9.69 Å². The number of nitrogens with zero attached hydrogens (tertiary/aromatic N) is 5. The fourth-order valence-corrected chi connectivity index (χ4v) is 3.87.